The minimum Gasteiger partial charge on any atom is -0.488 e. The van der Waals surface area contributed by atoms with Crippen LogP contribution in [0.25, 0.3) is 0 Å². The molecule has 0 spiro atoms. The van der Waals surface area contributed by atoms with Crippen LogP contribution in [-0.2, 0) is 11.2 Å². The zero-order chi connectivity index (χ0) is 12.2. The van der Waals surface area contributed by atoms with Gasteiger partial charge in [-0.2, -0.15) is 0 Å². The van der Waals surface area contributed by atoms with Gasteiger partial charge >= 0.3 is 0 Å². The van der Waals surface area contributed by atoms with E-state index in [0.717, 1.165) is 11.3 Å². The zero-order valence-corrected chi connectivity index (χ0v) is 10.1. The van der Waals surface area contributed by atoms with Crippen LogP contribution in [0, 0.1) is 0 Å². The van der Waals surface area contributed by atoms with Crippen molar-refractivity contribution in [1.29, 1.82) is 0 Å². The van der Waals surface area contributed by atoms with Gasteiger partial charge in [-0.25, -0.2) is 0 Å². The normalized spacial score (nSPS) is 11.2. The van der Waals surface area contributed by atoms with Gasteiger partial charge in [0, 0.05) is 6.42 Å². The largest absolute Gasteiger partial charge is 0.488 e. The van der Waals surface area contributed by atoms with Crippen LogP contribution in [0.5, 0.6) is 5.75 Å². The van der Waals surface area contributed by atoms with Crippen LogP contribution in [0.1, 0.15) is 32.8 Å². The molecule has 0 heterocycles. The van der Waals surface area contributed by atoms with Gasteiger partial charge in [0.25, 0.3) is 0 Å². The summed E-state index contributed by atoms with van der Waals surface area (Å²) in [5.41, 5.74) is 6.00. The number of carbonyl (C=O) groups excluding carboxylic acids is 1. The van der Waals surface area contributed by atoms with Crippen molar-refractivity contribution in [3.05, 3.63) is 29.8 Å². The standard InChI is InChI=1S/C13H19NO2/c1-13(2,3)16-11-7-4-10(5-8-11)6-9-12(14)15/h4-5,7-8H,6,9H2,1-3H3,(H2,14,15). The maximum atomic E-state index is 10.6. The van der Waals surface area contributed by atoms with Crippen LogP contribution in [0.15, 0.2) is 24.3 Å². The first-order valence-corrected chi connectivity index (χ1v) is 5.43. The van der Waals surface area contributed by atoms with Gasteiger partial charge in [-0.1, -0.05) is 12.1 Å². The Kier molecular flexibility index (Phi) is 3.93. The van der Waals surface area contributed by atoms with Gasteiger partial charge < -0.3 is 10.5 Å². The number of nitrogens with two attached hydrogens (primary N) is 1. The molecule has 0 unspecified atom stereocenters. The van der Waals surface area contributed by atoms with Crippen LogP contribution in [0.3, 0.4) is 0 Å². The highest BCUT2D eigenvalue weighted by molar-refractivity contribution is 5.73. The molecular formula is C13H19NO2. The minimum absolute atomic E-state index is 0.186. The summed E-state index contributed by atoms with van der Waals surface area (Å²) in [4.78, 5) is 10.6. The van der Waals surface area contributed by atoms with E-state index >= 15 is 0 Å². The van der Waals surface area contributed by atoms with Crippen LogP contribution >= 0.6 is 0 Å². The van der Waals surface area contributed by atoms with Gasteiger partial charge in [0.15, 0.2) is 0 Å². The smallest absolute Gasteiger partial charge is 0.217 e. The molecule has 1 rings (SSSR count). The third kappa shape index (κ3) is 4.82. The quantitative estimate of drug-likeness (QED) is 0.848. The molecule has 0 radical (unpaired) electrons. The van der Waals surface area contributed by atoms with E-state index < -0.39 is 0 Å². The number of carbonyl (C=O) groups is 1. The third-order valence-corrected chi connectivity index (χ3v) is 2.01. The van der Waals surface area contributed by atoms with Gasteiger partial charge in [0.2, 0.25) is 5.91 Å². The second-order valence-corrected chi connectivity index (χ2v) is 4.82. The first-order valence-electron chi connectivity index (χ1n) is 5.43. The maximum Gasteiger partial charge on any atom is 0.217 e. The van der Waals surface area contributed by atoms with Gasteiger partial charge in [-0.05, 0) is 44.9 Å². The second-order valence-electron chi connectivity index (χ2n) is 4.82. The lowest BCUT2D eigenvalue weighted by Crippen LogP contribution is -2.22. The molecule has 1 aromatic carbocycles. The summed E-state index contributed by atoms with van der Waals surface area (Å²) < 4.78 is 5.69. The SMILES string of the molecule is CC(C)(C)Oc1ccc(CCC(N)=O)cc1. The van der Waals surface area contributed by atoms with Crippen molar-refractivity contribution in [3.8, 4) is 5.75 Å². The van der Waals surface area contributed by atoms with Crippen molar-refractivity contribution in [3.63, 3.8) is 0 Å². The van der Waals surface area contributed by atoms with E-state index in [1.807, 2.05) is 45.0 Å². The monoisotopic (exact) mass is 221 g/mol. The maximum absolute atomic E-state index is 10.6. The topological polar surface area (TPSA) is 52.3 Å². The number of primary amides is 1. The van der Waals surface area contributed by atoms with Gasteiger partial charge in [-0.15, -0.1) is 0 Å². The van der Waals surface area contributed by atoms with E-state index in [4.69, 9.17) is 10.5 Å². The predicted octanol–water partition coefficient (Wildman–Crippen LogP) is 2.28. The first kappa shape index (κ1) is 12.6. The number of amides is 1. The Morgan fingerprint density at radius 3 is 2.25 bits per heavy atom. The van der Waals surface area contributed by atoms with Crippen molar-refractivity contribution < 1.29 is 9.53 Å². The van der Waals surface area contributed by atoms with Gasteiger partial charge in [-0.3, -0.25) is 4.79 Å². The fourth-order valence-electron chi connectivity index (χ4n) is 1.35. The Morgan fingerprint density at radius 2 is 1.81 bits per heavy atom. The highest BCUT2D eigenvalue weighted by Gasteiger charge is 2.11. The molecular weight excluding hydrogens is 202 g/mol. The zero-order valence-electron chi connectivity index (χ0n) is 10.1. The molecule has 0 bridgehead atoms. The minimum atomic E-state index is -0.269. The lowest BCUT2D eigenvalue weighted by Gasteiger charge is -2.21. The van der Waals surface area contributed by atoms with E-state index in [1.165, 1.54) is 0 Å². The Morgan fingerprint density at radius 1 is 1.25 bits per heavy atom. The van der Waals surface area contributed by atoms with E-state index in [-0.39, 0.29) is 11.5 Å². The number of hydrogen-bond donors (Lipinski definition) is 1. The molecule has 0 saturated heterocycles. The van der Waals surface area contributed by atoms with Gasteiger partial charge in [0.05, 0.1) is 0 Å². The molecule has 0 aliphatic heterocycles. The van der Waals surface area contributed by atoms with Crippen molar-refractivity contribution in [2.75, 3.05) is 0 Å². The third-order valence-electron chi connectivity index (χ3n) is 2.01. The molecule has 88 valence electrons. The summed E-state index contributed by atoms with van der Waals surface area (Å²) in [6.07, 6.45) is 1.07. The summed E-state index contributed by atoms with van der Waals surface area (Å²) >= 11 is 0. The number of ether oxygens (including phenoxy) is 1. The van der Waals surface area contributed by atoms with E-state index in [0.29, 0.717) is 12.8 Å². The van der Waals surface area contributed by atoms with Crippen molar-refractivity contribution in [1.82, 2.24) is 0 Å². The molecule has 3 nitrogen and oxygen atoms in total. The lowest BCUT2D eigenvalue weighted by atomic mass is 10.1. The average molecular weight is 221 g/mol. The molecule has 0 fully saturated rings. The molecule has 16 heavy (non-hydrogen) atoms. The Balaban J connectivity index is 2.57. The van der Waals surface area contributed by atoms with E-state index in [2.05, 4.69) is 0 Å². The molecule has 0 aliphatic carbocycles. The molecule has 0 saturated carbocycles. The van der Waals surface area contributed by atoms with Crippen LogP contribution < -0.4 is 10.5 Å². The van der Waals surface area contributed by atoms with Gasteiger partial charge in [0.1, 0.15) is 11.4 Å². The van der Waals surface area contributed by atoms with Crippen LogP contribution in [-0.4, -0.2) is 11.5 Å². The van der Waals surface area contributed by atoms with E-state index in [1.54, 1.807) is 0 Å². The summed E-state index contributed by atoms with van der Waals surface area (Å²) in [5, 5.41) is 0. The first-order chi connectivity index (χ1) is 7.37. The molecule has 0 aromatic heterocycles. The van der Waals surface area contributed by atoms with E-state index in [9.17, 15) is 4.79 Å². The molecule has 3 heteroatoms. The molecule has 0 atom stereocenters. The summed E-state index contributed by atoms with van der Waals surface area (Å²) in [6, 6.07) is 7.76. The fraction of sp³-hybridized carbons (Fsp3) is 0.462. The average Bonchev–Trinajstić information content (AvgIpc) is 2.14. The predicted molar refractivity (Wildman–Crippen MR) is 64.3 cm³/mol. The molecule has 2 N–H and O–H groups in total. The Hall–Kier alpha value is -1.51. The molecule has 0 aliphatic rings. The molecule has 1 aromatic rings. The summed E-state index contributed by atoms with van der Waals surface area (Å²) in [7, 11) is 0. The summed E-state index contributed by atoms with van der Waals surface area (Å²) in [5.74, 6) is 0.574. The second kappa shape index (κ2) is 5.01. The van der Waals surface area contributed by atoms with Crippen LogP contribution in [0.4, 0.5) is 0 Å². The highest BCUT2D eigenvalue weighted by atomic mass is 16.5. The van der Waals surface area contributed by atoms with Crippen molar-refractivity contribution in [2.24, 2.45) is 5.73 Å². The van der Waals surface area contributed by atoms with Crippen molar-refractivity contribution >= 4 is 5.91 Å². The highest BCUT2D eigenvalue weighted by Crippen LogP contribution is 2.18. The number of aryl methyl sites for hydroxylation is 1. The Bertz CT molecular complexity index is 349. The lowest BCUT2D eigenvalue weighted by molar-refractivity contribution is -0.117. The molecule has 1 amide bonds. The number of rotatable bonds is 4. The van der Waals surface area contributed by atoms with Crippen LogP contribution in [0.2, 0.25) is 0 Å². The summed E-state index contributed by atoms with van der Waals surface area (Å²) in [6.45, 7) is 6.02. The number of hydrogen-bond acceptors (Lipinski definition) is 2. The fourth-order valence-corrected chi connectivity index (χ4v) is 1.35. The van der Waals surface area contributed by atoms with Crippen molar-refractivity contribution in [2.45, 2.75) is 39.2 Å². The number of benzene rings is 1. The Labute approximate surface area is 96.6 Å².